The Morgan fingerprint density at radius 1 is 1.73 bits per heavy atom. The number of alkyl halides is 1. The number of thiophene rings is 1. The van der Waals surface area contributed by atoms with Crippen molar-refractivity contribution in [2.24, 2.45) is 0 Å². The zero-order chi connectivity index (χ0) is 8.10. The molecule has 0 saturated heterocycles. The molecule has 1 aromatic heterocycles. The smallest absolute Gasteiger partial charge is 0.0307 e. The van der Waals surface area contributed by atoms with Crippen LogP contribution in [0.1, 0.15) is 18.2 Å². The molecule has 0 spiro atoms. The van der Waals surface area contributed by atoms with Crippen molar-refractivity contribution in [1.29, 1.82) is 0 Å². The van der Waals surface area contributed by atoms with Gasteiger partial charge in [-0.1, -0.05) is 35.0 Å². The zero-order valence-corrected chi connectivity index (χ0v) is 8.91. The van der Waals surface area contributed by atoms with Crippen molar-refractivity contribution in [2.75, 3.05) is 5.33 Å². The van der Waals surface area contributed by atoms with Gasteiger partial charge in [0.25, 0.3) is 0 Å². The average Bonchev–Trinajstić information content (AvgIpc) is 2.52. The fourth-order valence-electron chi connectivity index (χ4n) is 0.929. The minimum absolute atomic E-state index is 0.960. The molecule has 1 aromatic rings. The van der Waals surface area contributed by atoms with Gasteiger partial charge in [-0.05, 0) is 23.4 Å². The molecule has 0 aliphatic heterocycles. The molecule has 0 atom stereocenters. The van der Waals surface area contributed by atoms with Crippen LogP contribution < -0.4 is 0 Å². The van der Waals surface area contributed by atoms with Gasteiger partial charge in [0.15, 0.2) is 0 Å². The third-order valence-corrected chi connectivity index (χ3v) is 2.98. The van der Waals surface area contributed by atoms with E-state index in [1.165, 1.54) is 10.5 Å². The number of halogens is 1. The van der Waals surface area contributed by atoms with E-state index in [4.69, 9.17) is 0 Å². The van der Waals surface area contributed by atoms with Crippen molar-refractivity contribution >= 4 is 32.8 Å². The van der Waals surface area contributed by atoms with Crippen LogP contribution in [0, 0.1) is 0 Å². The highest BCUT2D eigenvalue weighted by molar-refractivity contribution is 9.09. The standard InChI is InChI=1S/C9H11BrS/c1-2-4-8(7-10)9-5-3-6-11-9/h3-6H,2,7H2,1H3/b8-4-. The topological polar surface area (TPSA) is 0 Å². The number of hydrogen-bond donors (Lipinski definition) is 0. The molecule has 0 nitrogen and oxygen atoms in total. The van der Waals surface area contributed by atoms with E-state index >= 15 is 0 Å². The minimum Gasteiger partial charge on any atom is -0.144 e. The van der Waals surface area contributed by atoms with E-state index in [9.17, 15) is 0 Å². The van der Waals surface area contributed by atoms with E-state index in [1.54, 1.807) is 11.3 Å². The molecule has 60 valence electrons. The first-order valence-electron chi connectivity index (χ1n) is 3.67. The van der Waals surface area contributed by atoms with Crippen molar-refractivity contribution in [2.45, 2.75) is 13.3 Å². The third-order valence-electron chi connectivity index (χ3n) is 1.43. The van der Waals surface area contributed by atoms with Crippen LogP contribution in [0.2, 0.25) is 0 Å². The van der Waals surface area contributed by atoms with Gasteiger partial charge in [-0.15, -0.1) is 11.3 Å². The molecule has 0 aromatic carbocycles. The summed E-state index contributed by atoms with van der Waals surface area (Å²) < 4.78 is 0. The molecule has 1 heterocycles. The third kappa shape index (κ3) is 2.46. The van der Waals surface area contributed by atoms with E-state index in [2.05, 4.69) is 46.4 Å². The van der Waals surface area contributed by atoms with Gasteiger partial charge >= 0.3 is 0 Å². The lowest BCUT2D eigenvalue weighted by Gasteiger charge is -1.97. The lowest BCUT2D eigenvalue weighted by molar-refractivity contribution is 1.22. The Labute approximate surface area is 80.1 Å². The van der Waals surface area contributed by atoms with E-state index in [0.717, 1.165) is 11.8 Å². The Morgan fingerprint density at radius 2 is 2.55 bits per heavy atom. The lowest BCUT2D eigenvalue weighted by Crippen LogP contribution is -1.79. The maximum atomic E-state index is 3.48. The molecule has 0 unspecified atom stereocenters. The molecule has 0 N–H and O–H groups in total. The predicted molar refractivity (Wildman–Crippen MR) is 56.4 cm³/mol. The Kier molecular flexibility index (Phi) is 3.87. The second-order valence-electron chi connectivity index (χ2n) is 2.25. The highest BCUT2D eigenvalue weighted by Crippen LogP contribution is 2.22. The van der Waals surface area contributed by atoms with Crippen LogP contribution in [0.3, 0.4) is 0 Å². The normalized spacial score (nSPS) is 12.0. The van der Waals surface area contributed by atoms with Crippen molar-refractivity contribution in [1.82, 2.24) is 0 Å². The fourth-order valence-corrected chi connectivity index (χ4v) is 2.41. The van der Waals surface area contributed by atoms with Gasteiger partial charge in [0, 0.05) is 10.2 Å². The molecular formula is C9H11BrS. The second-order valence-corrected chi connectivity index (χ2v) is 3.76. The SMILES string of the molecule is CC/C=C(/CBr)c1cccs1. The van der Waals surface area contributed by atoms with Crippen molar-refractivity contribution in [3.63, 3.8) is 0 Å². The monoisotopic (exact) mass is 230 g/mol. The molecule has 2 heteroatoms. The molecule has 1 rings (SSSR count). The molecule has 0 aliphatic rings. The highest BCUT2D eigenvalue weighted by Gasteiger charge is 1.98. The fraction of sp³-hybridized carbons (Fsp3) is 0.333. The van der Waals surface area contributed by atoms with Crippen molar-refractivity contribution in [3.05, 3.63) is 28.5 Å². The number of allylic oxidation sites excluding steroid dienone is 2. The van der Waals surface area contributed by atoms with Crippen LogP contribution in [0.15, 0.2) is 23.6 Å². The molecule has 0 radical (unpaired) electrons. The van der Waals surface area contributed by atoms with Crippen molar-refractivity contribution in [3.8, 4) is 0 Å². The van der Waals surface area contributed by atoms with Gasteiger partial charge in [0.05, 0.1) is 0 Å². The molecule has 0 bridgehead atoms. The predicted octanol–water partition coefficient (Wildman–Crippen LogP) is 3.94. The van der Waals surface area contributed by atoms with Crippen LogP contribution in [-0.2, 0) is 0 Å². The summed E-state index contributed by atoms with van der Waals surface area (Å²) in [6, 6.07) is 4.25. The summed E-state index contributed by atoms with van der Waals surface area (Å²) in [5, 5.41) is 3.07. The lowest BCUT2D eigenvalue weighted by atomic mass is 10.2. The van der Waals surface area contributed by atoms with Crippen LogP contribution >= 0.6 is 27.3 Å². The summed E-state index contributed by atoms with van der Waals surface area (Å²) >= 11 is 5.27. The van der Waals surface area contributed by atoms with Crippen LogP contribution in [0.25, 0.3) is 5.57 Å². The molecule has 11 heavy (non-hydrogen) atoms. The first-order valence-corrected chi connectivity index (χ1v) is 5.67. The van der Waals surface area contributed by atoms with Crippen LogP contribution in [0.4, 0.5) is 0 Å². The van der Waals surface area contributed by atoms with Gasteiger partial charge in [-0.25, -0.2) is 0 Å². The minimum atomic E-state index is 0.960. The number of rotatable bonds is 3. The Hall–Kier alpha value is -0.0800. The van der Waals surface area contributed by atoms with E-state index < -0.39 is 0 Å². The molecule has 0 aliphatic carbocycles. The van der Waals surface area contributed by atoms with E-state index in [0.29, 0.717) is 0 Å². The van der Waals surface area contributed by atoms with E-state index in [-0.39, 0.29) is 0 Å². The molecule has 0 fully saturated rings. The van der Waals surface area contributed by atoms with Gasteiger partial charge in [-0.2, -0.15) is 0 Å². The first kappa shape index (κ1) is 9.01. The Balaban J connectivity index is 2.79. The first-order chi connectivity index (χ1) is 5.38. The quantitative estimate of drug-likeness (QED) is 0.691. The van der Waals surface area contributed by atoms with Crippen LogP contribution in [-0.4, -0.2) is 5.33 Å². The summed E-state index contributed by atoms with van der Waals surface area (Å²) in [7, 11) is 0. The largest absolute Gasteiger partial charge is 0.144 e. The number of hydrogen-bond acceptors (Lipinski definition) is 1. The summed E-state index contributed by atoms with van der Waals surface area (Å²) in [5.41, 5.74) is 1.41. The van der Waals surface area contributed by atoms with Crippen LogP contribution in [0.5, 0.6) is 0 Å². The summed E-state index contributed by atoms with van der Waals surface area (Å²) in [4.78, 5) is 1.38. The Bertz CT molecular complexity index is 224. The van der Waals surface area contributed by atoms with Gasteiger partial charge < -0.3 is 0 Å². The zero-order valence-electron chi connectivity index (χ0n) is 6.51. The van der Waals surface area contributed by atoms with Gasteiger partial charge in [0.2, 0.25) is 0 Å². The average molecular weight is 231 g/mol. The maximum Gasteiger partial charge on any atom is 0.0307 e. The summed E-state index contributed by atoms with van der Waals surface area (Å²) in [6.07, 6.45) is 3.37. The van der Waals surface area contributed by atoms with E-state index in [1.807, 2.05) is 0 Å². The summed E-state index contributed by atoms with van der Waals surface area (Å²) in [5.74, 6) is 0. The molecule has 0 amide bonds. The molecular weight excluding hydrogens is 220 g/mol. The highest BCUT2D eigenvalue weighted by atomic mass is 79.9. The van der Waals surface area contributed by atoms with Gasteiger partial charge in [0.1, 0.15) is 0 Å². The van der Waals surface area contributed by atoms with Gasteiger partial charge in [-0.3, -0.25) is 0 Å². The second kappa shape index (κ2) is 4.73. The summed E-state index contributed by atoms with van der Waals surface area (Å²) in [6.45, 7) is 2.16. The molecule has 0 saturated carbocycles. The van der Waals surface area contributed by atoms with Crippen molar-refractivity contribution < 1.29 is 0 Å². The Morgan fingerprint density at radius 3 is 3.00 bits per heavy atom. The maximum absolute atomic E-state index is 3.48.